The van der Waals surface area contributed by atoms with Crippen LogP contribution < -0.4 is 9.80 Å². The number of fused-ring (bicyclic) bond motifs is 1. The molecule has 2 atom stereocenters. The minimum Gasteiger partial charge on any atom is -0.309 e. The lowest BCUT2D eigenvalue weighted by Crippen LogP contribution is -2.47. The van der Waals surface area contributed by atoms with Crippen LogP contribution in [0.4, 0.5) is 15.8 Å². The fraction of sp³-hybridized carbons (Fsp3) is 0.333. The molecule has 0 aromatic heterocycles. The Hall–Kier alpha value is -3.47. The zero-order valence-electron chi connectivity index (χ0n) is 20.5. The summed E-state index contributed by atoms with van der Waals surface area (Å²) < 4.78 is 13.6. The molecule has 3 aromatic rings. The van der Waals surface area contributed by atoms with Crippen LogP contribution in [0.2, 0.25) is 0 Å². The summed E-state index contributed by atoms with van der Waals surface area (Å²) >= 11 is 0. The summed E-state index contributed by atoms with van der Waals surface area (Å²) in [5.41, 5.74) is 3.01. The maximum Gasteiger partial charge on any atom is 0.258 e. The second kappa shape index (κ2) is 11.3. The number of halogens is 1. The highest BCUT2D eigenvalue weighted by atomic mass is 19.1. The van der Waals surface area contributed by atoms with Crippen molar-refractivity contribution in [3.05, 3.63) is 95.8 Å². The van der Waals surface area contributed by atoms with Gasteiger partial charge in [0.05, 0.1) is 6.04 Å². The van der Waals surface area contributed by atoms with E-state index in [2.05, 4.69) is 13.8 Å². The number of unbranched alkanes of at least 4 members (excludes halogenated alkanes) is 3. The number of nitrogens with zero attached hydrogens (tertiary/aromatic N) is 2. The normalized spacial score (nSPS) is 17.1. The molecule has 0 N–H and O–H groups in total. The quantitative estimate of drug-likeness (QED) is 0.323. The van der Waals surface area contributed by atoms with Gasteiger partial charge in [0.1, 0.15) is 5.82 Å². The molecule has 1 aliphatic rings. The lowest BCUT2D eigenvalue weighted by Gasteiger charge is -2.43. The Labute approximate surface area is 207 Å². The summed E-state index contributed by atoms with van der Waals surface area (Å²) in [6, 6.07) is 22.8. The third-order valence-corrected chi connectivity index (χ3v) is 6.73. The number of benzene rings is 3. The van der Waals surface area contributed by atoms with Gasteiger partial charge in [-0.25, -0.2) is 4.39 Å². The van der Waals surface area contributed by atoms with Gasteiger partial charge in [-0.2, -0.15) is 0 Å². The molecular formula is C30H33FN2O2. The molecule has 0 saturated carbocycles. The number of rotatable bonds is 8. The third-order valence-electron chi connectivity index (χ3n) is 6.73. The van der Waals surface area contributed by atoms with Gasteiger partial charge in [-0.1, -0.05) is 62.6 Å². The lowest BCUT2D eigenvalue weighted by atomic mass is 9.89. The average molecular weight is 473 g/mol. The zero-order valence-corrected chi connectivity index (χ0v) is 20.5. The van der Waals surface area contributed by atoms with Crippen molar-refractivity contribution >= 4 is 23.2 Å². The monoisotopic (exact) mass is 472 g/mol. The van der Waals surface area contributed by atoms with Crippen LogP contribution in [0.15, 0.2) is 78.9 Å². The molecule has 0 radical (unpaired) electrons. The van der Waals surface area contributed by atoms with Gasteiger partial charge in [-0.3, -0.25) is 9.59 Å². The number of carbonyl (C=O) groups is 2. The van der Waals surface area contributed by atoms with Crippen LogP contribution in [-0.4, -0.2) is 17.9 Å². The van der Waals surface area contributed by atoms with E-state index in [1.807, 2.05) is 59.5 Å². The fourth-order valence-electron chi connectivity index (χ4n) is 4.99. The molecule has 35 heavy (non-hydrogen) atoms. The molecule has 0 bridgehead atoms. The third kappa shape index (κ3) is 5.45. The molecule has 0 aliphatic carbocycles. The second-order valence-corrected chi connectivity index (χ2v) is 9.25. The van der Waals surface area contributed by atoms with E-state index in [0.717, 1.165) is 42.6 Å². The average Bonchev–Trinajstić information content (AvgIpc) is 2.87. The first-order chi connectivity index (χ1) is 17.0. The number of para-hydroxylation sites is 2. The van der Waals surface area contributed by atoms with Crippen molar-refractivity contribution in [2.45, 2.75) is 64.5 Å². The van der Waals surface area contributed by atoms with Gasteiger partial charge in [-0.15, -0.1) is 0 Å². The molecule has 1 heterocycles. The Morgan fingerprint density at radius 1 is 0.914 bits per heavy atom. The Morgan fingerprint density at radius 2 is 1.60 bits per heavy atom. The molecule has 4 nitrogen and oxygen atoms in total. The van der Waals surface area contributed by atoms with Gasteiger partial charge in [0.25, 0.3) is 5.91 Å². The maximum atomic E-state index is 13.8. The molecule has 3 aromatic carbocycles. The van der Waals surface area contributed by atoms with E-state index >= 15 is 0 Å². The Kier molecular flexibility index (Phi) is 7.96. The van der Waals surface area contributed by atoms with Crippen LogP contribution in [0, 0.1) is 5.82 Å². The fourth-order valence-corrected chi connectivity index (χ4v) is 4.99. The number of carbonyl (C=O) groups excluding carboxylic acids is 2. The molecular weight excluding hydrogens is 439 g/mol. The van der Waals surface area contributed by atoms with Crippen LogP contribution in [0.1, 0.15) is 74.3 Å². The molecule has 2 unspecified atom stereocenters. The molecule has 0 spiro atoms. The first-order valence-electron chi connectivity index (χ1n) is 12.6. The van der Waals surface area contributed by atoms with Crippen molar-refractivity contribution in [1.82, 2.24) is 0 Å². The highest BCUT2D eigenvalue weighted by Crippen LogP contribution is 2.43. The van der Waals surface area contributed by atoms with Gasteiger partial charge in [0.15, 0.2) is 0 Å². The van der Waals surface area contributed by atoms with Crippen molar-refractivity contribution in [3.8, 4) is 0 Å². The van der Waals surface area contributed by atoms with Crippen LogP contribution >= 0.6 is 0 Å². The Morgan fingerprint density at radius 3 is 2.31 bits per heavy atom. The van der Waals surface area contributed by atoms with Crippen LogP contribution in [-0.2, 0) is 4.79 Å². The first-order valence-corrected chi connectivity index (χ1v) is 12.6. The summed E-state index contributed by atoms with van der Waals surface area (Å²) in [7, 11) is 0. The van der Waals surface area contributed by atoms with E-state index < -0.39 is 0 Å². The Balaban J connectivity index is 1.71. The summed E-state index contributed by atoms with van der Waals surface area (Å²) in [5, 5.41) is 0. The van der Waals surface area contributed by atoms with E-state index in [4.69, 9.17) is 0 Å². The molecule has 2 amide bonds. The van der Waals surface area contributed by atoms with Crippen molar-refractivity contribution in [2.24, 2.45) is 0 Å². The predicted molar refractivity (Wildman–Crippen MR) is 139 cm³/mol. The molecule has 0 fully saturated rings. The number of amides is 2. The first kappa shape index (κ1) is 24.6. The summed E-state index contributed by atoms with van der Waals surface area (Å²) in [4.78, 5) is 30.8. The summed E-state index contributed by atoms with van der Waals surface area (Å²) in [6.07, 6.45) is 5.36. The van der Waals surface area contributed by atoms with E-state index in [1.54, 1.807) is 4.90 Å². The second-order valence-electron chi connectivity index (χ2n) is 9.25. The number of hydrogen-bond donors (Lipinski definition) is 0. The van der Waals surface area contributed by atoms with Crippen molar-refractivity contribution < 1.29 is 14.0 Å². The predicted octanol–water partition coefficient (Wildman–Crippen LogP) is 7.31. The van der Waals surface area contributed by atoms with Crippen LogP contribution in [0.3, 0.4) is 0 Å². The van der Waals surface area contributed by atoms with Crippen molar-refractivity contribution in [3.63, 3.8) is 0 Å². The smallest absolute Gasteiger partial charge is 0.258 e. The minimum absolute atomic E-state index is 0.0687. The molecule has 0 saturated heterocycles. The van der Waals surface area contributed by atoms with Gasteiger partial charge < -0.3 is 9.80 Å². The lowest BCUT2D eigenvalue weighted by molar-refractivity contribution is -0.119. The van der Waals surface area contributed by atoms with Crippen molar-refractivity contribution in [2.75, 3.05) is 9.80 Å². The van der Waals surface area contributed by atoms with Crippen molar-refractivity contribution in [1.29, 1.82) is 0 Å². The molecule has 1 aliphatic heterocycles. The largest absolute Gasteiger partial charge is 0.309 e. The molecule has 182 valence electrons. The summed E-state index contributed by atoms with van der Waals surface area (Å²) in [5.74, 6) is -0.435. The number of anilines is 2. The van der Waals surface area contributed by atoms with E-state index in [0.29, 0.717) is 18.4 Å². The topological polar surface area (TPSA) is 40.6 Å². The van der Waals surface area contributed by atoms with E-state index in [1.165, 1.54) is 24.3 Å². The zero-order chi connectivity index (χ0) is 24.8. The summed E-state index contributed by atoms with van der Waals surface area (Å²) in [6.45, 7) is 4.22. The molecule has 4 rings (SSSR count). The highest BCUT2D eigenvalue weighted by molar-refractivity contribution is 6.07. The van der Waals surface area contributed by atoms with Gasteiger partial charge in [-0.05, 0) is 67.8 Å². The SMILES string of the molecule is CCCCCCC(=O)N1c2ccccc2C(N(C(=O)c2ccc(F)cc2)c2ccccc2)CC1C. The van der Waals surface area contributed by atoms with Gasteiger partial charge in [0.2, 0.25) is 5.91 Å². The van der Waals surface area contributed by atoms with E-state index in [-0.39, 0.29) is 29.7 Å². The van der Waals surface area contributed by atoms with Crippen LogP contribution in [0.5, 0.6) is 0 Å². The van der Waals surface area contributed by atoms with E-state index in [9.17, 15) is 14.0 Å². The number of hydrogen-bond acceptors (Lipinski definition) is 2. The Bertz CT molecular complexity index is 1150. The van der Waals surface area contributed by atoms with Crippen LogP contribution in [0.25, 0.3) is 0 Å². The minimum atomic E-state index is -0.377. The van der Waals surface area contributed by atoms with Gasteiger partial charge >= 0.3 is 0 Å². The highest BCUT2D eigenvalue weighted by Gasteiger charge is 2.38. The maximum absolute atomic E-state index is 13.8. The standard InChI is InChI=1S/C30H33FN2O2/c1-3-4-5-9-16-29(34)32-22(2)21-28(26-14-10-11-15-27(26)32)33(25-12-7-6-8-13-25)30(35)23-17-19-24(31)20-18-23/h6-8,10-15,17-20,22,28H,3-5,9,16,21H2,1-2H3. The van der Waals surface area contributed by atoms with Gasteiger partial charge in [0, 0.05) is 29.4 Å². The molecule has 5 heteroatoms.